The van der Waals surface area contributed by atoms with Crippen LogP contribution in [0.15, 0.2) is 53.0 Å². The van der Waals surface area contributed by atoms with Gasteiger partial charge in [-0.1, -0.05) is 41.1 Å². The molecule has 0 radical (unpaired) electrons. The topological polar surface area (TPSA) is 87.3 Å². The summed E-state index contributed by atoms with van der Waals surface area (Å²) >= 11 is 3.30. The van der Waals surface area contributed by atoms with Crippen LogP contribution in [0.1, 0.15) is 35.7 Å². The average molecular weight is 432 g/mol. The van der Waals surface area contributed by atoms with Crippen molar-refractivity contribution in [3.8, 4) is 0 Å². The molecular formula is C20H22BrN3O3. The molecule has 0 saturated heterocycles. The van der Waals surface area contributed by atoms with E-state index in [9.17, 15) is 14.4 Å². The fourth-order valence-corrected chi connectivity index (χ4v) is 2.71. The van der Waals surface area contributed by atoms with Crippen LogP contribution < -0.4 is 16.0 Å². The summed E-state index contributed by atoms with van der Waals surface area (Å²) in [4.78, 5) is 35.5. The molecule has 3 N–H and O–H groups in total. The molecule has 0 aliphatic heterocycles. The smallest absolute Gasteiger partial charge is 0.251 e. The third kappa shape index (κ3) is 7.22. The van der Waals surface area contributed by atoms with Crippen molar-refractivity contribution in [3.05, 3.63) is 64.1 Å². The van der Waals surface area contributed by atoms with Gasteiger partial charge in [0.1, 0.15) is 0 Å². The third-order valence-electron chi connectivity index (χ3n) is 3.70. The molecule has 27 heavy (non-hydrogen) atoms. The molecule has 2 rings (SSSR count). The molecule has 0 heterocycles. The van der Waals surface area contributed by atoms with Crippen LogP contribution in [0, 0.1) is 0 Å². The predicted molar refractivity (Wildman–Crippen MR) is 108 cm³/mol. The summed E-state index contributed by atoms with van der Waals surface area (Å²) in [6.45, 7) is 2.19. The normalized spacial score (nSPS) is 10.1. The lowest BCUT2D eigenvalue weighted by Gasteiger charge is -2.09. The van der Waals surface area contributed by atoms with Gasteiger partial charge in [0, 0.05) is 28.7 Å². The molecular weight excluding hydrogens is 410 g/mol. The van der Waals surface area contributed by atoms with Crippen molar-refractivity contribution in [2.75, 3.05) is 11.9 Å². The SMILES string of the molecule is CCCC(=O)Nc1ccc(CNC(=O)CNC(=O)c2cccc(Br)c2)cc1. The Morgan fingerprint density at radius 2 is 1.70 bits per heavy atom. The Hall–Kier alpha value is -2.67. The van der Waals surface area contributed by atoms with Crippen LogP contribution in [0.25, 0.3) is 0 Å². The monoisotopic (exact) mass is 431 g/mol. The molecule has 0 unspecified atom stereocenters. The second-order valence-corrected chi connectivity index (χ2v) is 6.88. The van der Waals surface area contributed by atoms with E-state index in [2.05, 4.69) is 31.9 Å². The summed E-state index contributed by atoms with van der Waals surface area (Å²) in [6, 6.07) is 14.2. The van der Waals surface area contributed by atoms with Gasteiger partial charge in [0.2, 0.25) is 11.8 Å². The highest BCUT2D eigenvalue weighted by atomic mass is 79.9. The van der Waals surface area contributed by atoms with Crippen molar-refractivity contribution < 1.29 is 14.4 Å². The Kier molecular flexibility index (Phi) is 8.00. The first kappa shape index (κ1) is 20.6. The number of hydrogen-bond donors (Lipinski definition) is 3. The first-order chi connectivity index (χ1) is 13.0. The molecule has 142 valence electrons. The Bertz CT molecular complexity index is 806. The Morgan fingerprint density at radius 1 is 0.963 bits per heavy atom. The molecule has 3 amide bonds. The minimum absolute atomic E-state index is 0.0141. The van der Waals surface area contributed by atoms with Gasteiger partial charge in [0.15, 0.2) is 0 Å². The number of carbonyl (C=O) groups is 3. The summed E-state index contributed by atoms with van der Waals surface area (Å²) in [6.07, 6.45) is 1.29. The molecule has 0 aliphatic rings. The lowest BCUT2D eigenvalue weighted by atomic mass is 10.2. The Balaban J connectivity index is 1.75. The number of halogens is 1. The molecule has 0 atom stereocenters. The van der Waals surface area contributed by atoms with Crippen LogP contribution in [-0.2, 0) is 16.1 Å². The zero-order valence-electron chi connectivity index (χ0n) is 15.0. The van der Waals surface area contributed by atoms with Crippen molar-refractivity contribution >= 4 is 39.3 Å². The molecule has 0 spiro atoms. The fourth-order valence-electron chi connectivity index (χ4n) is 2.31. The van der Waals surface area contributed by atoms with Crippen molar-refractivity contribution in [2.45, 2.75) is 26.3 Å². The number of nitrogens with one attached hydrogen (secondary N) is 3. The average Bonchev–Trinajstić information content (AvgIpc) is 2.65. The predicted octanol–water partition coefficient (Wildman–Crippen LogP) is 3.23. The number of amides is 3. The number of hydrogen-bond acceptors (Lipinski definition) is 3. The standard InChI is InChI=1S/C20H22BrN3O3/c1-2-4-18(25)24-17-9-7-14(8-10-17)12-22-19(26)13-23-20(27)15-5-3-6-16(21)11-15/h3,5-11H,2,4,12-13H2,1H3,(H,22,26)(H,23,27)(H,24,25). The molecule has 6 nitrogen and oxygen atoms in total. The zero-order valence-corrected chi connectivity index (χ0v) is 16.6. The van der Waals surface area contributed by atoms with Gasteiger partial charge in [0.25, 0.3) is 5.91 Å². The highest BCUT2D eigenvalue weighted by molar-refractivity contribution is 9.10. The van der Waals surface area contributed by atoms with Crippen LogP contribution in [0.3, 0.4) is 0 Å². The van der Waals surface area contributed by atoms with Crippen molar-refractivity contribution in [1.29, 1.82) is 0 Å². The summed E-state index contributed by atoms with van der Waals surface area (Å²) in [7, 11) is 0. The van der Waals surface area contributed by atoms with Crippen molar-refractivity contribution in [2.24, 2.45) is 0 Å². The van der Waals surface area contributed by atoms with E-state index in [1.54, 1.807) is 30.3 Å². The number of benzene rings is 2. The largest absolute Gasteiger partial charge is 0.350 e. The van der Waals surface area contributed by atoms with Crippen LogP contribution in [0.5, 0.6) is 0 Å². The van der Waals surface area contributed by atoms with E-state index in [4.69, 9.17) is 0 Å². The first-order valence-electron chi connectivity index (χ1n) is 8.67. The number of anilines is 1. The van der Waals surface area contributed by atoms with Gasteiger partial charge >= 0.3 is 0 Å². The third-order valence-corrected chi connectivity index (χ3v) is 4.19. The Labute approximate surface area is 166 Å². The van der Waals surface area contributed by atoms with Gasteiger partial charge in [-0.2, -0.15) is 0 Å². The molecule has 0 fully saturated rings. The molecule has 2 aromatic rings. The highest BCUT2D eigenvalue weighted by Gasteiger charge is 2.08. The van der Waals surface area contributed by atoms with Crippen LogP contribution in [-0.4, -0.2) is 24.3 Å². The van der Waals surface area contributed by atoms with E-state index in [0.29, 0.717) is 18.5 Å². The van der Waals surface area contributed by atoms with E-state index in [1.165, 1.54) is 0 Å². The maximum atomic E-state index is 12.0. The minimum atomic E-state index is -0.307. The summed E-state index contributed by atoms with van der Waals surface area (Å²) in [5, 5.41) is 8.14. The summed E-state index contributed by atoms with van der Waals surface area (Å²) in [5.74, 6) is -0.600. The Morgan fingerprint density at radius 3 is 2.37 bits per heavy atom. The van der Waals surface area contributed by atoms with Crippen LogP contribution >= 0.6 is 15.9 Å². The van der Waals surface area contributed by atoms with E-state index in [0.717, 1.165) is 22.1 Å². The highest BCUT2D eigenvalue weighted by Crippen LogP contribution is 2.11. The molecule has 7 heteroatoms. The minimum Gasteiger partial charge on any atom is -0.350 e. The van der Waals surface area contributed by atoms with Gasteiger partial charge in [0.05, 0.1) is 6.54 Å². The maximum absolute atomic E-state index is 12.0. The summed E-state index contributed by atoms with van der Waals surface area (Å²) in [5.41, 5.74) is 2.11. The fraction of sp³-hybridized carbons (Fsp3) is 0.250. The quantitative estimate of drug-likeness (QED) is 0.599. The molecule has 0 saturated carbocycles. The molecule has 0 aromatic heterocycles. The first-order valence-corrected chi connectivity index (χ1v) is 9.46. The lowest BCUT2D eigenvalue weighted by Crippen LogP contribution is -2.36. The van der Waals surface area contributed by atoms with E-state index in [-0.39, 0.29) is 24.3 Å². The van der Waals surface area contributed by atoms with Gasteiger partial charge < -0.3 is 16.0 Å². The maximum Gasteiger partial charge on any atom is 0.251 e. The van der Waals surface area contributed by atoms with Crippen LogP contribution in [0.2, 0.25) is 0 Å². The van der Waals surface area contributed by atoms with Crippen molar-refractivity contribution in [1.82, 2.24) is 10.6 Å². The molecule has 0 aliphatic carbocycles. The van der Waals surface area contributed by atoms with E-state index >= 15 is 0 Å². The van der Waals surface area contributed by atoms with E-state index < -0.39 is 0 Å². The number of carbonyl (C=O) groups excluding carboxylic acids is 3. The van der Waals surface area contributed by atoms with Gasteiger partial charge in [-0.15, -0.1) is 0 Å². The van der Waals surface area contributed by atoms with Crippen LogP contribution in [0.4, 0.5) is 5.69 Å². The second kappa shape index (κ2) is 10.5. The molecule has 0 bridgehead atoms. The van der Waals surface area contributed by atoms with E-state index in [1.807, 2.05) is 25.1 Å². The zero-order chi connectivity index (χ0) is 19.6. The second-order valence-electron chi connectivity index (χ2n) is 5.96. The number of rotatable bonds is 8. The van der Waals surface area contributed by atoms with Crippen molar-refractivity contribution in [3.63, 3.8) is 0 Å². The molecule has 2 aromatic carbocycles. The van der Waals surface area contributed by atoms with Gasteiger partial charge in [-0.05, 0) is 42.3 Å². The van der Waals surface area contributed by atoms with Gasteiger partial charge in [-0.3, -0.25) is 14.4 Å². The summed E-state index contributed by atoms with van der Waals surface area (Å²) < 4.78 is 0.800. The van der Waals surface area contributed by atoms with Gasteiger partial charge in [-0.25, -0.2) is 0 Å². The lowest BCUT2D eigenvalue weighted by molar-refractivity contribution is -0.120.